The lowest BCUT2D eigenvalue weighted by molar-refractivity contribution is -0.120. The van der Waals surface area contributed by atoms with Crippen LogP contribution in [0, 0.1) is 12.8 Å². The minimum atomic E-state index is -0.0546. The van der Waals surface area contributed by atoms with Crippen molar-refractivity contribution >= 4 is 59.8 Å². The van der Waals surface area contributed by atoms with Gasteiger partial charge in [0, 0.05) is 24.3 Å². The van der Waals surface area contributed by atoms with E-state index in [0.29, 0.717) is 13.1 Å². The number of hydrogen-bond donors (Lipinski definition) is 1. The first kappa shape index (κ1) is 21.1. The average molecular weight is 487 g/mol. The van der Waals surface area contributed by atoms with Crippen molar-refractivity contribution in [2.45, 2.75) is 6.92 Å². The lowest BCUT2D eigenvalue weighted by Crippen LogP contribution is -2.52. The number of ether oxygens (including phenoxy) is 1. The Bertz CT molecular complexity index is 1520. The van der Waals surface area contributed by atoms with Gasteiger partial charge < -0.3 is 15.0 Å². The third kappa shape index (κ3) is 3.78. The van der Waals surface area contributed by atoms with Gasteiger partial charge in [-0.15, -0.1) is 11.3 Å². The standard InChI is InChI=1S/C26H22N4O2S2/c1-15-6-11-19-22(12-15)33-25(28-19)16-7-9-18(10-8-16)27-24(31)17-13-30(14-17)26-29-23-20(32-2)4-3-5-21(23)34-26/h3-12,17H,13-14H2,1-2H3,(H,27,31). The molecule has 1 aliphatic heterocycles. The number of thiazole rings is 2. The molecule has 0 aliphatic carbocycles. The number of benzene rings is 3. The topological polar surface area (TPSA) is 67.3 Å². The smallest absolute Gasteiger partial charge is 0.231 e. The Morgan fingerprint density at radius 1 is 1.03 bits per heavy atom. The maximum absolute atomic E-state index is 12.8. The van der Waals surface area contributed by atoms with Gasteiger partial charge in [-0.1, -0.05) is 23.5 Å². The molecule has 8 heteroatoms. The number of methoxy groups -OCH3 is 1. The van der Waals surface area contributed by atoms with Crippen molar-refractivity contribution < 1.29 is 9.53 Å². The maximum atomic E-state index is 12.8. The van der Waals surface area contributed by atoms with E-state index in [4.69, 9.17) is 14.7 Å². The van der Waals surface area contributed by atoms with Gasteiger partial charge in [-0.25, -0.2) is 9.97 Å². The molecule has 1 N–H and O–H groups in total. The van der Waals surface area contributed by atoms with Crippen LogP contribution in [-0.2, 0) is 4.79 Å². The maximum Gasteiger partial charge on any atom is 0.231 e. The van der Waals surface area contributed by atoms with Gasteiger partial charge >= 0.3 is 0 Å². The Kier molecular flexibility index (Phi) is 5.19. The number of para-hydroxylation sites is 1. The van der Waals surface area contributed by atoms with Crippen LogP contribution in [-0.4, -0.2) is 36.1 Å². The summed E-state index contributed by atoms with van der Waals surface area (Å²) in [6.45, 7) is 3.42. The number of carbonyl (C=O) groups is 1. The van der Waals surface area contributed by atoms with Gasteiger partial charge in [0.1, 0.15) is 16.3 Å². The first-order valence-electron chi connectivity index (χ1n) is 11.0. The van der Waals surface area contributed by atoms with Crippen LogP contribution in [0.1, 0.15) is 5.56 Å². The van der Waals surface area contributed by atoms with Crippen molar-refractivity contribution in [1.29, 1.82) is 0 Å². The lowest BCUT2D eigenvalue weighted by Gasteiger charge is -2.37. The Morgan fingerprint density at radius 3 is 2.65 bits per heavy atom. The van der Waals surface area contributed by atoms with Gasteiger partial charge in [0.2, 0.25) is 5.91 Å². The molecule has 0 radical (unpaired) electrons. The molecule has 1 fully saturated rings. The molecule has 6 nitrogen and oxygen atoms in total. The molecule has 1 aliphatic rings. The minimum Gasteiger partial charge on any atom is -0.494 e. The summed E-state index contributed by atoms with van der Waals surface area (Å²) >= 11 is 3.32. The number of aryl methyl sites for hydroxylation is 1. The molecule has 2 aromatic heterocycles. The fourth-order valence-electron chi connectivity index (χ4n) is 4.11. The molecule has 0 unspecified atom stereocenters. The van der Waals surface area contributed by atoms with E-state index in [1.165, 1.54) is 10.3 Å². The van der Waals surface area contributed by atoms with Crippen LogP contribution in [0.25, 0.3) is 31.0 Å². The first-order chi connectivity index (χ1) is 16.6. The van der Waals surface area contributed by atoms with E-state index >= 15 is 0 Å². The number of aromatic nitrogens is 2. The number of hydrogen-bond acceptors (Lipinski definition) is 7. The van der Waals surface area contributed by atoms with Crippen molar-refractivity contribution in [3.8, 4) is 16.3 Å². The second-order valence-electron chi connectivity index (χ2n) is 8.46. The van der Waals surface area contributed by atoms with Crippen LogP contribution in [0.4, 0.5) is 10.8 Å². The third-order valence-corrected chi connectivity index (χ3v) is 8.21. The summed E-state index contributed by atoms with van der Waals surface area (Å²) in [5.74, 6) is 0.762. The molecular weight excluding hydrogens is 464 g/mol. The van der Waals surface area contributed by atoms with E-state index in [1.54, 1.807) is 29.8 Å². The molecule has 0 spiro atoms. The molecule has 1 saturated heterocycles. The largest absolute Gasteiger partial charge is 0.494 e. The van der Waals surface area contributed by atoms with Crippen molar-refractivity contribution in [3.63, 3.8) is 0 Å². The van der Waals surface area contributed by atoms with Gasteiger partial charge in [-0.3, -0.25) is 4.79 Å². The molecule has 5 aromatic rings. The fourth-order valence-corrected chi connectivity index (χ4v) is 6.18. The van der Waals surface area contributed by atoms with Crippen LogP contribution < -0.4 is 15.0 Å². The Labute approximate surface area is 204 Å². The van der Waals surface area contributed by atoms with Crippen molar-refractivity contribution in [2.24, 2.45) is 5.92 Å². The number of carbonyl (C=O) groups excluding carboxylic acids is 1. The zero-order chi connectivity index (χ0) is 23.2. The molecule has 0 bridgehead atoms. The Balaban J connectivity index is 1.10. The number of fused-ring (bicyclic) bond motifs is 2. The molecular formula is C26H22N4O2S2. The summed E-state index contributed by atoms with van der Waals surface area (Å²) in [6.07, 6.45) is 0. The summed E-state index contributed by atoms with van der Waals surface area (Å²) in [7, 11) is 1.66. The minimum absolute atomic E-state index is 0.0400. The van der Waals surface area contributed by atoms with Crippen LogP contribution in [0.15, 0.2) is 60.7 Å². The molecule has 170 valence electrons. The third-order valence-electron chi connectivity index (χ3n) is 6.06. The number of nitrogens with one attached hydrogen (secondary N) is 1. The molecule has 0 saturated carbocycles. The van der Waals surface area contributed by atoms with E-state index in [0.717, 1.165) is 42.9 Å². The second kappa shape index (κ2) is 8.38. The highest BCUT2D eigenvalue weighted by atomic mass is 32.1. The molecule has 3 aromatic carbocycles. The number of rotatable bonds is 5. The summed E-state index contributed by atoms with van der Waals surface area (Å²) in [4.78, 5) is 24.4. The summed E-state index contributed by atoms with van der Waals surface area (Å²) in [5, 5.41) is 4.97. The van der Waals surface area contributed by atoms with Crippen LogP contribution >= 0.6 is 22.7 Å². The monoisotopic (exact) mass is 486 g/mol. The SMILES string of the molecule is COc1cccc2sc(N3CC(C(=O)Nc4ccc(-c5nc6ccc(C)cc6s5)cc4)C3)nc12. The molecule has 1 amide bonds. The first-order valence-corrected chi connectivity index (χ1v) is 12.7. The van der Waals surface area contributed by atoms with Crippen LogP contribution in [0.5, 0.6) is 5.75 Å². The zero-order valence-corrected chi connectivity index (χ0v) is 20.4. The molecule has 0 atom stereocenters. The highest BCUT2D eigenvalue weighted by molar-refractivity contribution is 7.22. The predicted octanol–water partition coefficient (Wildman–Crippen LogP) is 5.96. The predicted molar refractivity (Wildman–Crippen MR) is 140 cm³/mol. The lowest BCUT2D eigenvalue weighted by atomic mass is 10.00. The summed E-state index contributed by atoms with van der Waals surface area (Å²) < 4.78 is 7.69. The van der Waals surface area contributed by atoms with Gasteiger partial charge in [0.25, 0.3) is 0 Å². The zero-order valence-electron chi connectivity index (χ0n) is 18.7. The quantitative estimate of drug-likeness (QED) is 0.332. The molecule has 6 rings (SSSR count). The number of anilines is 2. The van der Waals surface area contributed by atoms with Crippen LogP contribution in [0.3, 0.4) is 0 Å². The van der Waals surface area contributed by atoms with Crippen molar-refractivity contribution in [2.75, 3.05) is 30.4 Å². The highest BCUT2D eigenvalue weighted by Gasteiger charge is 2.34. The fraction of sp³-hybridized carbons (Fsp3) is 0.192. The van der Waals surface area contributed by atoms with Crippen molar-refractivity contribution in [1.82, 2.24) is 9.97 Å². The normalized spacial score (nSPS) is 13.9. The van der Waals surface area contributed by atoms with Gasteiger partial charge in [0.15, 0.2) is 5.13 Å². The average Bonchev–Trinajstić information content (AvgIpc) is 3.42. The second-order valence-corrected chi connectivity index (χ2v) is 10.5. The van der Waals surface area contributed by atoms with Crippen molar-refractivity contribution in [3.05, 3.63) is 66.2 Å². The summed E-state index contributed by atoms with van der Waals surface area (Å²) in [5.41, 5.74) is 4.98. The van der Waals surface area contributed by atoms with E-state index < -0.39 is 0 Å². The highest BCUT2D eigenvalue weighted by Crippen LogP contribution is 2.37. The Morgan fingerprint density at radius 2 is 1.85 bits per heavy atom. The molecule has 3 heterocycles. The number of amides is 1. The molecule has 34 heavy (non-hydrogen) atoms. The van der Waals surface area contributed by atoms with Gasteiger partial charge in [0.05, 0.1) is 27.9 Å². The van der Waals surface area contributed by atoms with E-state index in [-0.39, 0.29) is 11.8 Å². The van der Waals surface area contributed by atoms with E-state index in [9.17, 15) is 4.79 Å². The van der Waals surface area contributed by atoms with E-state index in [1.807, 2.05) is 42.5 Å². The van der Waals surface area contributed by atoms with Crippen LogP contribution in [0.2, 0.25) is 0 Å². The van der Waals surface area contributed by atoms with E-state index in [2.05, 4.69) is 35.3 Å². The summed E-state index contributed by atoms with van der Waals surface area (Å²) in [6, 6.07) is 20.2. The Hall–Kier alpha value is -3.49. The van der Waals surface area contributed by atoms with Gasteiger partial charge in [-0.2, -0.15) is 0 Å². The number of nitrogens with zero attached hydrogens (tertiary/aromatic N) is 3. The van der Waals surface area contributed by atoms with Gasteiger partial charge in [-0.05, 0) is 61.0 Å².